The fraction of sp³-hybridized carbons (Fsp3) is 0. The second kappa shape index (κ2) is 5.10. The number of rotatable bonds is 2. The van der Waals surface area contributed by atoms with E-state index < -0.39 is 5.56 Å². The molecule has 6 nitrogen and oxygen atoms in total. The molecule has 0 aliphatic rings. The highest BCUT2D eigenvalue weighted by atomic mass is 16.3. The zero-order valence-corrected chi connectivity index (χ0v) is 11.9. The number of hydrogen-bond donors (Lipinski definition) is 3. The molecule has 0 fully saturated rings. The lowest BCUT2D eigenvalue weighted by Gasteiger charge is -2.12. The van der Waals surface area contributed by atoms with Crippen LogP contribution in [0, 0.1) is 0 Å². The average molecular weight is 304 g/mol. The van der Waals surface area contributed by atoms with Crippen molar-refractivity contribution in [2.45, 2.75) is 0 Å². The van der Waals surface area contributed by atoms with Crippen molar-refractivity contribution in [1.82, 2.24) is 15.0 Å². The minimum Gasteiger partial charge on any atom is -0.493 e. The smallest absolute Gasteiger partial charge is 0.256 e. The maximum atomic E-state index is 11.5. The number of pyridine rings is 1. The number of aromatic amines is 1. The number of benzene rings is 2. The van der Waals surface area contributed by atoms with Crippen molar-refractivity contribution in [3.05, 3.63) is 65.0 Å². The van der Waals surface area contributed by atoms with Gasteiger partial charge in [0, 0.05) is 10.8 Å². The molecule has 0 bridgehead atoms. The topological polar surface area (TPSA) is 90.9 Å². The van der Waals surface area contributed by atoms with Crippen LogP contribution in [0.5, 0.6) is 5.88 Å². The number of para-hydroxylation sites is 2. The first kappa shape index (κ1) is 13.3. The Morgan fingerprint density at radius 1 is 0.913 bits per heavy atom. The van der Waals surface area contributed by atoms with E-state index in [4.69, 9.17) is 0 Å². The number of hydrogen-bond acceptors (Lipinski definition) is 5. The molecule has 0 radical (unpaired) electrons. The van der Waals surface area contributed by atoms with Crippen LogP contribution in [0.25, 0.3) is 21.8 Å². The number of aromatic nitrogens is 3. The largest absolute Gasteiger partial charge is 0.493 e. The molecule has 0 unspecified atom stereocenters. The number of nitrogens with zero attached hydrogens (tertiary/aromatic N) is 2. The molecule has 4 aromatic rings. The molecule has 0 amide bonds. The Labute approximate surface area is 130 Å². The monoisotopic (exact) mass is 304 g/mol. The van der Waals surface area contributed by atoms with E-state index in [-0.39, 0.29) is 11.8 Å². The van der Waals surface area contributed by atoms with E-state index in [1.165, 1.54) is 0 Å². The van der Waals surface area contributed by atoms with Gasteiger partial charge in [-0.2, -0.15) is 4.98 Å². The van der Waals surface area contributed by atoms with Gasteiger partial charge in [-0.25, -0.2) is 4.98 Å². The number of fused-ring (bicyclic) bond motifs is 2. The van der Waals surface area contributed by atoms with Crippen molar-refractivity contribution in [2.75, 3.05) is 5.32 Å². The second-order valence-electron chi connectivity index (χ2n) is 5.10. The van der Waals surface area contributed by atoms with E-state index in [0.717, 1.165) is 33.6 Å². The van der Waals surface area contributed by atoms with Crippen LogP contribution >= 0.6 is 0 Å². The highest BCUT2D eigenvalue weighted by molar-refractivity contribution is 6.08. The van der Waals surface area contributed by atoms with Crippen LogP contribution in [0.2, 0.25) is 0 Å². The summed E-state index contributed by atoms with van der Waals surface area (Å²) < 4.78 is 0. The summed E-state index contributed by atoms with van der Waals surface area (Å²) in [4.78, 5) is 22.6. The third-order valence-electron chi connectivity index (χ3n) is 3.56. The van der Waals surface area contributed by atoms with Crippen molar-refractivity contribution in [3.8, 4) is 5.88 Å². The molecule has 0 aliphatic heterocycles. The van der Waals surface area contributed by atoms with Gasteiger partial charge >= 0.3 is 0 Å². The first-order valence-corrected chi connectivity index (χ1v) is 7.05. The molecule has 0 saturated heterocycles. The maximum Gasteiger partial charge on any atom is 0.256 e. The first-order valence-electron chi connectivity index (χ1n) is 7.05. The van der Waals surface area contributed by atoms with E-state index in [1.807, 2.05) is 48.5 Å². The second-order valence-corrected chi connectivity index (χ2v) is 5.10. The summed E-state index contributed by atoms with van der Waals surface area (Å²) in [5.74, 6) is -0.157. The Morgan fingerprint density at radius 2 is 1.52 bits per heavy atom. The molecular weight excluding hydrogens is 292 g/mol. The van der Waals surface area contributed by atoms with Crippen molar-refractivity contribution >= 4 is 33.4 Å². The summed E-state index contributed by atoms with van der Waals surface area (Å²) in [6.45, 7) is 0. The van der Waals surface area contributed by atoms with E-state index >= 15 is 0 Å². The van der Waals surface area contributed by atoms with Gasteiger partial charge in [-0.1, -0.05) is 36.4 Å². The van der Waals surface area contributed by atoms with Crippen LogP contribution in [-0.4, -0.2) is 20.1 Å². The minimum atomic E-state index is -0.428. The molecule has 2 heterocycles. The lowest BCUT2D eigenvalue weighted by atomic mass is 10.1. The fourth-order valence-corrected chi connectivity index (χ4v) is 2.60. The number of nitrogens with one attached hydrogen (secondary N) is 2. The highest BCUT2D eigenvalue weighted by Gasteiger charge is 2.10. The predicted octanol–water partition coefficient (Wildman–Crippen LogP) is 2.92. The van der Waals surface area contributed by atoms with Crippen molar-refractivity contribution < 1.29 is 5.11 Å². The SMILES string of the molecule is O=c1cc(O)nc(Nc2c3ccccc3nc3ccccc23)[nH]1. The summed E-state index contributed by atoms with van der Waals surface area (Å²) >= 11 is 0. The van der Waals surface area contributed by atoms with Crippen LogP contribution in [0.4, 0.5) is 11.6 Å². The van der Waals surface area contributed by atoms with Gasteiger partial charge < -0.3 is 10.4 Å². The van der Waals surface area contributed by atoms with Crippen molar-refractivity contribution in [2.24, 2.45) is 0 Å². The van der Waals surface area contributed by atoms with Gasteiger partial charge in [0.15, 0.2) is 0 Å². The predicted molar refractivity (Wildman–Crippen MR) is 89.1 cm³/mol. The number of anilines is 2. The molecule has 4 rings (SSSR count). The summed E-state index contributed by atoms with van der Waals surface area (Å²) in [5, 5.41) is 14.4. The third-order valence-corrected chi connectivity index (χ3v) is 3.56. The van der Waals surface area contributed by atoms with Gasteiger partial charge in [-0.05, 0) is 12.1 Å². The summed E-state index contributed by atoms with van der Waals surface area (Å²) in [5.41, 5.74) is 2.01. The van der Waals surface area contributed by atoms with Gasteiger partial charge in [0.2, 0.25) is 11.8 Å². The van der Waals surface area contributed by atoms with Crippen LogP contribution in [0.3, 0.4) is 0 Å². The quantitative estimate of drug-likeness (QED) is 0.495. The molecule has 0 atom stereocenters. The molecule has 23 heavy (non-hydrogen) atoms. The number of aromatic hydroxyl groups is 1. The normalized spacial score (nSPS) is 11.0. The zero-order chi connectivity index (χ0) is 15.8. The minimum absolute atomic E-state index is 0.177. The van der Waals surface area contributed by atoms with Gasteiger partial charge in [0.1, 0.15) is 0 Å². The molecule has 2 aromatic carbocycles. The van der Waals surface area contributed by atoms with Crippen LogP contribution < -0.4 is 10.9 Å². The van der Waals surface area contributed by atoms with Gasteiger partial charge in [-0.3, -0.25) is 9.78 Å². The Hall–Kier alpha value is -3.41. The lowest BCUT2D eigenvalue weighted by molar-refractivity contribution is 0.452. The third kappa shape index (κ3) is 2.36. The Bertz CT molecular complexity index is 1030. The zero-order valence-electron chi connectivity index (χ0n) is 11.9. The van der Waals surface area contributed by atoms with Crippen LogP contribution in [0.1, 0.15) is 0 Å². The van der Waals surface area contributed by atoms with Gasteiger partial charge in [0.05, 0.1) is 22.8 Å². The van der Waals surface area contributed by atoms with Crippen molar-refractivity contribution in [3.63, 3.8) is 0 Å². The lowest BCUT2D eigenvalue weighted by Crippen LogP contribution is -2.09. The van der Waals surface area contributed by atoms with E-state index in [1.54, 1.807) is 0 Å². The molecule has 0 saturated carbocycles. The number of H-pyrrole nitrogens is 1. The van der Waals surface area contributed by atoms with Gasteiger partial charge in [0.25, 0.3) is 5.56 Å². The Balaban J connectivity index is 2.00. The summed E-state index contributed by atoms with van der Waals surface area (Å²) in [6, 6.07) is 16.4. The van der Waals surface area contributed by atoms with Crippen LogP contribution in [0.15, 0.2) is 59.4 Å². The standard InChI is InChI=1S/C17H12N4O2/c22-14-9-15(23)20-17(19-14)21-16-10-5-1-3-7-12(10)18-13-8-4-2-6-11(13)16/h1-9H,(H3,18,19,20,21,22,23). The molecule has 3 N–H and O–H groups in total. The maximum absolute atomic E-state index is 11.5. The average Bonchev–Trinajstić information content (AvgIpc) is 2.54. The van der Waals surface area contributed by atoms with Crippen molar-refractivity contribution in [1.29, 1.82) is 0 Å². The Morgan fingerprint density at radius 3 is 2.13 bits per heavy atom. The van der Waals surface area contributed by atoms with E-state index in [2.05, 4.69) is 20.3 Å². The molecule has 0 aliphatic carbocycles. The fourth-order valence-electron chi connectivity index (χ4n) is 2.60. The molecular formula is C17H12N4O2. The van der Waals surface area contributed by atoms with E-state index in [0.29, 0.717) is 0 Å². The first-order chi connectivity index (χ1) is 11.2. The molecule has 112 valence electrons. The highest BCUT2D eigenvalue weighted by Crippen LogP contribution is 2.32. The molecule has 0 spiro atoms. The summed E-state index contributed by atoms with van der Waals surface area (Å²) in [6.07, 6.45) is 0. The molecule has 6 heteroatoms. The van der Waals surface area contributed by atoms with Gasteiger partial charge in [-0.15, -0.1) is 0 Å². The Kier molecular flexibility index (Phi) is 2.94. The molecule has 2 aromatic heterocycles. The van der Waals surface area contributed by atoms with Crippen LogP contribution in [-0.2, 0) is 0 Å². The van der Waals surface area contributed by atoms with E-state index in [9.17, 15) is 9.90 Å². The summed E-state index contributed by atoms with van der Waals surface area (Å²) in [7, 11) is 0.